The lowest BCUT2D eigenvalue weighted by atomic mass is 9.73. The van der Waals surface area contributed by atoms with Crippen LogP contribution in [0, 0.1) is 23.7 Å². The molecule has 3 aromatic rings. The molecule has 3 fully saturated rings. The summed E-state index contributed by atoms with van der Waals surface area (Å²) < 4.78 is 51.7. The van der Waals surface area contributed by atoms with Crippen LogP contribution < -0.4 is 5.84 Å². The number of nitrogens with zero attached hydrogens (tertiary/aromatic N) is 6. The van der Waals surface area contributed by atoms with Crippen molar-refractivity contribution < 1.29 is 56.9 Å². The number of ether oxygens (including phenoxy) is 5. The molecule has 5 heterocycles. The standard InChI is InChI=1S/C46H66FN7O11/c1-11-36-46(8)40(54(48)44(59)65-46)27(4)37(55)25(2)20-45(7,60-10)41(28(5)38(56)29(6)42(58)63-36)64-43-39(57)35(18-26(3)62-43)52(9)17-16-33-23-53(51-50-33)34(21-47)19-30-12-14-31(15-13-30)32-22-49-61-24-32/h12-15,22-29,34-36,39-41,43,57H,11,16-21,48H2,1-10H3/t25-,26-,27+,28+,29-,34+,35+,36-,39-,40+,41-,43+,45-,46-/m1/s1. The van der Waals surface area contributed by atoms with Gasteiger partial charge in [-0.3, -0.25) is 14.4 Å². The zero-order chi connectivity index (χ0) is 47.5. The molecule has 65 heavy (non-hydrogen) atoms. The molecular weight excluding hydrogens is 846 g/mol. The molecule has 0 aliphatic carbocycles. The van der Waals surface area contributed by atoms with Crippen molar-refractivity contribution in [2.24, 2.45) is 29.5 Å². The summed E-state index contributed by atoms with van der Waals surface area (Å²) in [6.45, 7) is 13.2. The van der Waals surface area contributed by atoms with Crippen molar-refractivity contribution in [3.8, 4) is 11.1 Å². The van der Waals surface area contributed by atoms with E-state index in [2.05, 4.69) is 15.5 Å². The van der Waals surface area contributed by atoms with Gasteiger partial charge in [0.25, 0.3) is 0 Å². The summed E-state index contributed by atoms with van der Waals surface area (Å²) in [5, 5.41) is 25.2. The largest absolute Gasteiger partial charge is 0.458 e. The highest BCUT2D eigenvalue weighted by molar-refractivity contribution is 6.00. The van der Waals surface area contributed by atoms with Crippen LogP contribution >= 0.6 is 0 Å². The summed E-state index contributed by atoms with van der Waals surface area (Å²) >= 11 is 0. The van der Waals surface area contributed by atoms with Crippen LogP contribution in [0.15, 0.2) is 47.4 Å². The lowest BCUT2D eigenvalue weighted by Gasteiger charge is -2.47. The molecule has 2 aromatic heterocycles. The van der Waals surface area contributed by atoms with E-state index in [1.807, 2.05) is 43.1 Å². The van der Waals surface area contributed by atoms with Gasteiger partial charge in [-0.1, -0.05) is 62.3 Å². The Morgan fingerprint density at radius 2 is 1.75 bits per heavy atom. The van der Waals surface area contributed by atoms with Crippen LogP contribution in [0.5, 0.6) is 0 Å². The van der Waals surface area contributed by atoms with E-state index >= 15 is 0 Å². The molecule has 0 radical (unpaired) electrons. The molecule has 18 nitrogen and oxygen atoms in total. The van der Waals surface area contributed by atoms with Crippen LogP contribution in [0.4, 0.5) is 9.18 Å². The smallest absolute Gasteiger partial charge is 0.425 e. The molecule has 3 aliphatic rings. The Bertz CT molecular complexity index is 2110. The van der Waals surface area contributed by atoms with Crippen LogP contribution in [0.25, 0.3) is 11.1 Å². The van der Waals surface area contributed by atoms with Crippen molar-refractivity contribution in [3.05, 3.63) is 54.2 Å². The van der Waals surface area contributed by atoms with E-state index in [-0.39, 0.29) is 18.6 Å². The number of methoxy groups -OCH3 is 1. The third kappa shape index (κ3) is 10.3. The fourth-order valence-electron chi connectivity index (χ4n) is 10.1. The average molecular weight is 912 g/mol. The first kappa shape index (κ1) is 49.8. The summed E-state index contributed by atoms with van der Waals surface area (Å²) in [4.78, 5) is 57.4. The Morgan fingerprint density at radius 1 is 1.05 bits per heavy atom. The van der Waals surface area contributed by atoms with E-state index in [4.69, 9.17) is 34.1 Å². The van der Waals surface area contributed by atoms with Crippen LogP contribution in [-0.2, 0) is 50.9 Å². The van der Waals surface area contributed by atoms with Gasteiger partial charge in [-0.25, -0.2) is 24.7 Å². The number of aliphatic hydroxyl groups is 1. The molecular formula is C46H66FN7O11. The summed E-state index contributed by atoms with van der Waals surface area (Å²) in [6, 6.07) is 5.71. The van der Waals surface area contributed by atoms with Gasteiger partial charge < -0.3 is 38.2 Å². The number of hydrogen-bond donors (Lipinski definition) is 2. The number of amides is 1. The SMILES string of the molecule is CC[C@H]1OC(=O)[C@H](C)C(=O)[C@H](C)[C@@H](O[C@@H]2O[C@H](C)C[C@H](N(C)CCc3cn([C@H](CF)Cc4ccc(-c5cnoc5)cc4)nn3)[C@H]2O)[C@](C)(OC)C[C@@H](C)C(=O)[C@H](C)[C@@H]2N(N)C(=O)O[C@@]21C. The number of nitrogens with two attached hydrogens (primary N) is 1. The predicted octanol–water partition coefficient (Wildman–Crippen LogP) is 4.68. The van der Waals surface area contributed by atoms with Crippen LogP contribution in [0.1, 0.15) is 92.0 Å². The van der Waals surface area contributed by atoms with Crippen LogP contribution in [0.3, 0.4) is 0 Å². The number of aliphatic hydroxyl groups excluding tert-OH is 1. The fourth-order valence-corrected chi connectivity index (χ4v) is 10.1. The summed E-state index contributed by atoms with van der Waals surface area (Å²) in [5.41, 5.74) is 0.521. The molecule has 3 saturated heterocycles. The first-order chi connectivity index (χ1) is 30.8. The number of ketones is 2. The molecule has 19 heteroatoms. The van der Waals surface area contributed by atoms with Gasteiger partial charge in [-0.15, -0.1) is 5.10 Å². The van der Waals surface area contributed by atoms with Crippen molar-refractivity contribution in [2.75, 3.05) is 27.4 Å². The van der Waals surface area contributed by atoms with Crippen LogP contribution in [0.2, 0.25) is 0 Å². The summed E-state index contributed by atoms with van der Waals surface area (Å²) in [7, 11) is 3.32. The number of halogens is 1. The van der Waals surface area contributed by atoms with Gasteiger partial charge in [0.1, 0.15) is 42.9 Å². The van der Waals surface area contributed by atoms with E-state index < -0.39 is 108 Å². The third-order valence-corrected chi connectivity index (χ3v) is 14.0. The van der Waals surface area contributed by atoms with Gasteiger partial charge in [-0.2, -0.15) is 0 Å². The zero-order valence-corrected chi connectivity index (χ0v) is 39.1. The Morgan fingerprint density at radius 3 is 2.38 bits per heavy atom. The molecule has 0 bridgehead atoms. The molecule has 358 valence electrons. The zero-order valence-electron chi connectivity index (χ0n) is 39.1. The lowest BCUT2D eigenvalue weighted by molar-refractivity contribution is -0.296. The van der Waals surface area contributed by atoms with E-state index in [9.17, 15) is 28.7 Å². The molecule has 3 N–H and O–H groups in total. The summed E-state index contributed by atoms with van der Waals surface area (Å²) in [5.74, 6) is 0.703. The monoisotopic (exact) mass is 911 g/mol. The topological polar surface area (TPSA) is 224 Å². The Balaban J connectivity index is 1.18. The van der Waals surface area contributed by atoms with Gasteiger partial charge in [0.2, 0.25) is 0 Å². The van der Waals surface area contributed by atoms with Crippen molar-refractivity contribution >= 4 is 23.6 Å². The van der Waals surface area contributed by atoms with Crippen molar-refractivity contribution in [1.29, 1.82) is 0 Å². The number of hydrazine groups is 1. The number of carbonyl (C=O) groups excluding carboxylic acids is 4. The molecule has 0 spiro atoms. The van der Waals surface area contributed by atoms with E-state index in [1.165, 1.54) is 14.0 Å². The maximum Gasteiger partial charge on any atom is 0.425 e. The molecule has 14 atom stereocenters. The highest BCUT2D eigenvalue weighted by atomic mass is 19.1. The quantitative estimate of drug-likeness (QED) is 0.103. The van der Waals surface area contributed by atoms with Crippen molar-refractivity contribution in [2.45, 2.75) is 148 Å². The third-order valence-electron chi connectivity index (χ3n) is 14.0. The molecule has 0 unspecified atom stereocenters. The minimum absolute atomic E-state index is 0.0513. The molecule has 1 amide bonds. The second-order valence-corrected chi connectivity index (χ2v) is 18.7. The minimum atomic E-state index is -1.50. The van der Waals surface area contributed by atoms with Gasteiger partial charge in [-0.05, 0) is 71.6 Å². The number of rotatable bonds is 13. The van der Waals surface area contributed by atoms with Gasteiger partial charge >= 0.3 is 12.1 Å². The second-order valence-electron chi connectivity index (χ2n) is 18.7. The molecule has 0 saturated carbocycles. The first-order valence-corrected chi connectivity index (χ1v) is 22.5. The predicted molar refractivity (Wildman–Crippen MR) is 232 cm³/mol. The number of cyclic esters (lactones) is 1. The van der Waals surface area contributed by atoms with E-state index in [0.717, 1.165) is 21.7 Å². The Hall–Kier alpha value is -4.66. The number of Topliss-reactive ketones (excluding diaryl/α,β-unsaturated/α-hetero) is 2. The summed E-state index contributed by atoms with van der Waals surface area (Å²) in [6.07, 6.45) is 0.598. The Labute approximate surface area is 379 Å². The number of hydrogen-bond acceptors (Lipinski definition) is 16. The maximum atomic E-state index is 14.4. The fraction of sp³-hybridized carbons (Fsp3) is 0.674. The first-order valence-electron chi connectivity index (χ1n) is 22.5. The number of fused-ring (bicyclic) bond motifs is 1. The van der Waals surface area contributed by atoms with Crippen LogP contribution in [-0.4, -0.2) is 140 Å². The van der Waals surface area contributed by atoms with Gasteiger partial charge in [0.15, 0.2) is 17.7 Å². The van der Waals surface area contributed by atoms with E-state index in [1.54, 1.807) is 64.9 Å². The normalized spacial score (nSPS) is 34.6. The van der Waals surface area contributed by atoms with Crippen molar-refractivity contribution in [3.63, 3.8) is 0 Å². The van der Waals surface area contributed by atoms with Gasteiger partial charge in [0, 0.05) is 55.6 Å². The highest BCUT2D eigenvalue weighted by Crippen LogP contribution is 2.42. The minimum Gasteiger partial charge on any atom is -0.458 e. The number of alkyl halides is 1. The Kier molecular flexibility index (Phi) is 15.7. The number of esters is 1. The molecule has 1 aromatic carbocycles. The number of carbonyl (C=O) groups is 4. The number of benzene rings is 1. The number of aromatic nitrogens is 4. The number of likely N-dealkylation sites (N-methyl/N-ethyl adjacent to an activating group) is 1. The maximum absolute atomic E-state index is 14.4. The lowest BCUT2D eigenvalue weighted by Crippen LogP contribution is -2.61. The average Bonchev–Trinajstić information content (AvgIpc) is 4.05. The molecule has 6 rings (SSSR count). The van der Waals surface area contributed by atoms with Gasteiger partial charge in [0.05, 0.1) is 35.7 Å². The van der Waals surface area contributed by atoms with E-state index in [0.29, 0.717) is 31.5 Å². The molecule has 3 aliphatic heterocycles. The van der Waals surface area contributed by atoms with Crippen molar-refractivity contribution in [1.82, 2.24) is 30.1 Å². The second kappa shape index (κ2) is 20.5. The highest BCUT2D eigenvalue weighted by Gasteiger charge is 2.60.